The third kappa shape index (κ3) is 1.04. The van der Waals surface area contributed by atoms with Crippen molar-refractivity contribution in [1.82, 2.24) is 0 Å². The largest absolute Gasteiger partial charge is 0.366 e. The fraction of sp³-hybridized carbons (Fsp3) is 0.500. The highest BCUT2D eigenvalue weighted by Gasteiger charge is 2.17. The van der Waals surface area contributed by atoms with E-state index in [1.165, 1.54) is 12.6 Å². The van der Waals surface area contributed by atoms with Crippen molar-refractivity contribution < 1.29 is 4.84 Å². The summed E-state index contributed by atoms with van der Waals surface area (Å²) in [5, 5.41) is 3.38. The van der Waals surface area contributed by atoms with Gasteiger partial charge < -0.3 is 4.84 Å². The Hall–Kier alpha value is -0.900. The van der Waals surface area contributed by atoms with Crippen LogP contribution in [-0.2, 0) is 4.84 Å². The summed E-state index contributed by atoms with van der Waals surface area (Å²) in [7, 11) is 0. The molecule has 0 aromatic rings. The molecular formula is C4H7N3O. The van der Waals surface area contributed by atoms with E-state index in [0.717, 1.165) is 0 Å². The summed E-state index contributed by atoms with van der Waals surface area (Å²) >= 11 is 0. The van der Waals surface area contributed by atoms with E-state index < -0.39 is 5.72 Å². The first-order valence-corrected chi connectivity index (χ1v) is 2.24. The van der Waals surface area contributed by atoms with Gasteiger partial charge in [0, 0.05) is 0 Å². The lowest BCUT2D eigenvalue weighted by atomic mass is 10.3. The molecule has 0 fully saturated rings. The van der Waals surface area contributed by atoms with E-state index in [0.29, 0.717) is 0 Å². The van der Waals surface area contributed by atoms with Gasteiger partial charge in [0.05, 0.1) is 6.21 Å². The van der Waals surface area contributed by atoms with E-state index in [9.17, 15) is 0 Å². The van der Waals surface area contributed by atoms with E-state index in [1.54, 1.807) is 6.92 Å². The minimum atomic E-state index is -0.811. The maximum Gasteiger partial charge on any atom is 0.219 e. The molecule has 1 aliphatic rings. The summed E-state index contributed by atoms with van der Waals surface area (Å²) in [5.74, 6) is 0. The average molecular weight is 113 g/mol. The van der Waals surface area contributed by atoms with Crippen LogP contribution in [0.1, 0.15) is 6.92 Å². The molecule has 0 spiro atoms. The van der Waals surface area contributed by atoms with Crippen molar-refractivity contribution in [3.8, 4) is 0 Å². The highest BCUT2D eigenvalue weighted by molar-refractivity contribution is 5.78. The van der Waals surface area contributed by atoms with Gasteiger partial charge in [-0.2, -0.15) is 0 Å². The van der Waals surface area contributed by atoms with E-state index in [4.69, 9.17) is 5.73 Å². The summed E-state index contributed by atoms with van der Waals surface area (Å²) < 4.78 is 0. The van der Waals surface area contributed by atoms with Gasteiger partial charge in [-0.15, -0.1) is 0 Å². The van der Waals surface area contributed by atoms with Gasteiger partial charge >= 0.3 is 0 Å². The first-order valence-electron chi connectivity index (χ1n) is 2.24. The third-order valence-electron chi connectivity index (χ3n) is 0.694. The number of rotatable bonds is 0. The van der Waals surface area contributed by atoms with E-state index in [1.807, 2.05) is 0 Å². The van der Waals surface area contributed by atoms with Crippen LogP contribution in [0.5, 0.6) is 0 Å². The number of aliphatic imine (C=N–C) groups is 1. The van der Waals surface area contributed by atoms with E-state index in [-0.39, 0.29) is 0 Å². The summed E-state index contributed by atoms with van der Waals surface area (Å²) in [6.07, 6.45) is 2.79. The van der Waals surface area contributed by atoms with Crippen molar-refractivity contribution in [2.45, 2.75) is 12.6 Å². The zero-order chi connectivity index (χ0) is 6.04. The second-order valence-corrected chi connectivity index (χ2v) is 1.77. The van der Waals surface area contributed by atoms with Crippen LogP contribution >= 0.6 is 0 Å². The summed E-state index contributed by atoms with van der Waals surface area (Å²) in [6, 6.07) is 0. The molecule has 1 atom stereocenters. The van der Waals surface area contributed by atoms with E-state index in [2.05, 4.69) is 15.0 Å². The molecular weight excluding hydrogens is 106 g/mol. The molecule has 0 radical (unpaired) electrons. The molecule has 8 heavy (non-hydrogen) atoms. The summed E-state index contributed by atoms with van der Waals surface area (Å²) in [6.45, 7) is 1.67. The SMILES string of the molecule is CC1(N)C=NC=NO1. The van der Waals surface area contributed by atoms with Crippen LogP contribution in [0.4, 0.5) is 0 Å². The molecule has 0 saturated heterocycles. The van der Waals surface area contributed by atoms with Gasteiger partial charge in [-0.05, 0) is 6.92 Å². The Kier molecular flexibility index (Phi) is 1.02. The lowest BCUT2D eigenvalue weighted by Crippen LogP contribution is -2.40. The zero-order valence-electron chi connectivity index (χ0n) is 4.53. The van der Waals surface area contributed by atoms with Gasteiger partial charge in [-0.3, -0.25) is 5.73 Å². The minimum Gasteiger partial charge on any atom is -0.366 e. The van der Waals surface area contributed by atoms with Crippen molar-refractivity contribution in [2.24, 2.45) is 15.9 Å². The summed E-state index contributed by atoms with van der Waals surface area (Å²) in [4.78, 5) is 8.33. The van der Waals surface area contributed by atoms with Gasteiger partial charge in [-0.25, -0.2) is 4.99 Å². The Labute approximate surface area is 47.0 Å². The molecule has 0 aromatic carbocycles. The van der Waals surface area contributed by atoms with Crippen LogP contribution in [0.3, 0.4) is 0 Å². The molecule has 4 heteroatoms. The number of nitrogens with zero attached hydrogens (tertiary/aromatic N) is 2. The summed E-state index contributed by atoms with van der Waals surface area (Å²) in [5.41, 5.74) is 4.58. The van der Waals surface area contributed by atoms with Crippen molar-refractivity contribution in [2.75, 3.05) is 0 Å². The van der Waals surface area contributed by atoms with Gasteiger partial charge in [0.15, 0.2) is 6.34 Å². The molecule has 0 bridgehead atoms. The Morgan fingerprint density at radius 3 is 2.75 bits per heavy atom. The average Bonchev–Trinajstić information content (AvgIpc) is 1.65. The number of hydrogen-bond acceptors (Lipinski definition) is 4. The Bertz CT molecular complexity index is 138. The van der Waals surface area contributed by atoms with Crippen LogP contribution < -0.4 is 5.73 Å². The molecule has 1 aliphatic heterocycles. The first kappa shape index (κ1) is 5.24. The molecule has 2 N–H and O–H groups in total. The van der Waals surface area contributed by atoms with Gasteiger partial charge in [-0.1, -0.05) is 5.16 Å². The third-order valence-corrected chi connectivity index (χ3v) is 0.694. The second kappa shape index (κ2) is 1.56. The van der Waals surface area contributed by atoms with Crippen LogP contribution in [-0.4, -0.2) is 18.3 Å². The Morgan fingerprint density at radius 2 is 2.50 bits per heavy atom. The molecule has 0 aliphatic carbocycles. The molecule has 4 nitrogen and oxygen atoms in total. The molecule has 1 unspecified atom stereocenters. The molecule has 0 saturated carbocycles. The van der Waals surface area contributed by atoms with Crippen molar-refractivity contribution in [3.63, 3.8) is 0 Å². The standard InChI is InChI=1S/C4H7N3O/c1-4(5)2-6-3-7-8-4/h2-3H,5H2,1H3. The van der Waals surface area contributed by atoms with Gasteiger partial charge in [0.1, 0.15) is 0 Å². The maximum absolute atomic E-state index is 5.39. The predicted octanol–water partition coefficient (Wildman–Crippen LogP) is -0.294. The van der Waals surface area contributed by atoms with Crippen molar-refractivity contribution >= 4 is 12.6 Å². The van der Waals surface area contributed by atoms with Crippen LogP contribution in [0.25, 0.3) is 0 Å². The van der Waals surface area contributed by atoms with Crippen molar-refractivity contribution in [1.29, 1.82) is 0 Å². The van der Waals surface area contributed by atoms with Crippen LogP contribution in [0.15, 0.2) is 10.1 Å². The number of oxime groups is 1. The number of hydrogen-bond donors (Lipinski definition) is 1. The smallest absolute Gasteiger partial charge is 0.219 e. The van der Waals surface area contributed by atoms with Gasteiger partial charge in [0.2, 0.25) is 5.72 Å². The topological polar surface area (TPSA) is 60.0 Å². The highest BCUT2D eigenvalue weighted by atomic mass is 16.7. The molecule has 1 rings (SSSR count). The Morgan fingerprint density at radius 1 is 1.75 bits per heavy atom. The highest BCUT2D eigenvalue weighted by Crippen LogP contribution is 2.00. The zero-order valence-corrected chi connectivity index (χ0v) is 4.53. The van der Waals surface area contributed by atoms with Gasteiger partial charge in [0.25, 0.3) is 0 Å². The quantitative estimate of drug-likeness (QED) is 0.469. The maximum atomic E-state index is 5.39. The molecule has 44 valence electrons. The normalized spacial score (nSPS) is 34.8. The van der Waals surface area contributed by atoms with Crippen molar-refractivity contribution in [3.05, 3.63) is 0 Å². The number of nitrogens with two attached hydrogens (primary N) is 1. The Balaban J connectivity index is 2.65. The lowest BCUT2D eigenvalue weighted by Gasteiger charge is -2.17. The van der Waals surface area contributed by atoms with Crippen LogP contribution in [0.2, 0.25) is 0 Å². The lowest BCUT2D eigenvalue weighted by molar-refractivity contribution is 0.0323. The second-order valence-electron chi connectivity index (χ2n) is 1.77. The van der Waals surface area contributed by atoms with Crippen LogP contribution in [0, 0.1) is 0 Å². The van der Waals surface area contributed by atoms with E-state index >= 15 is 0 Å². The molecule has 0 aromatic heterocycles. The minimum absolute atomic E-state index is 0.811. The molecule has 0 amide bonds. The first-order chi connectivity index (χ1) is 3.71. The predicted molar refractivity (Wildman–Crippen MR) is 30.7 cm³/mol. The molecule has 1 heterocycles. The monoisotopic (exact) mass is 113 g/mol. The fourth-order valence-electron chi connectivity index (χ4n) is 0.369. The fourth-order valence-corrected chi connectivity index (χ4v) is 0.369.